The molecule has 0 aliphatic carbocycles. The van der Waals surface area contributed by atoms with Crippen molar-refractivity contribution in [3.63, 3.8) is 0 Å². The van der Waals surface area contributed by atoms with Crippen LogP contribution in [0.15, 0.2) is 60.7 Å². The van der Waals surface area contributed by atoms with E-state index in [0.29, 0.717) is 17.1 Å². The lowest BCUT2D eigenvalue weighted by Crippen LogP contribution is -2.19. The zero-order valence-electron chi connectivity index (χ0n) is 12.5. The van der Waals surface area contributed by atoms with Crippen molar-refractivity contribution < 1.29 is 14.6 Å². The van der Waals surface area contributed by atoms with Gasteiger partial charge in [-0.1, -0.05) is 24.3 Å². The van der Waals surface area contributed by atoms with Crippen LogP contribution < -0.4 is 15.4 Å². The molecule has 5 nitrogen and oxygen atoms in total. The average molecular weight is 308 g/mol. The van der Waals surface area contributed by atoms with E-state index in [1.807, 2.05) is 24.3 Å². The molecule has 0 aromatic heterocycles. The molecule has 3 N–H and O–H groups in total. The number of urea groups is 1. The number of benzene rings is 3. The van der Waals surface area contributed by atoms with Crippen molar-refractivity contribution in [3.8, 4) is 11.5 Å². The third kappa shape index (κ3) is 3.35. The zero-order chi connectivity index (χ0) is 16.2. The molecular formula is C18H16N2O3. The standard InChI is InChI=1S/C18H16N2O3/c1-23-15-8-6-14(7-9-15)19-18(22)20-16-10-12-4-2-3-5-13(12)11-17(16)21/h2-11,21H,1H3,(H2,19,20,22). The number of aromatic hydroxyl groups is 1. The van der Waals surface area contributed by atoms with Crippen LogP contribution in [-0.2, 0) is 0 Å². The van der Waals surface area contributed by atoms with Gasteiger partial charge in [-0.05, 0) is 47.2 Å². The molecule has 3 aromatic carbocycles. The van der Waals surface area contributed by atoms with E-state index < -0.39 is 6.03 Å². The van der Waals surface area contributed by atoms with Crippen LogP contribution in [0.25, 0.3) is 10.8 Å². The minimum atomic E-state index is -0.430. The van der Waals surface area contributed by atoms with Crippen LogP contribution in [0.2, 0.25) is 0 Å². The highest BCUT2D eigenvalue weighted by atomic mass is 16.5. The predicted molar refractivity (Wildman–Crippen MR) is 91.2 cm³/mol. The number of hydrogen-bond acceptors (Lipinski definition) is 3. The number of carbonyl (C=O) groups excluding carboxylic acids is 1. The number of nitrogens with one attached hydrogen (secondary N) is 2. The molecule has 0 saturated heterocycles. The van der Waals surface area contributed by atoms with Gasteiger partial charge in [0, 0.05) is 5.69 Å². The summed E-state index contributed by atoms with van der Waals surface area (Å²) < 4.78 is 5.07. The Kier molecular flexibility index (Phi) is 4.01. The van der Waals surface area contributed by atoms with Crippen molar-refractivity contribution >= 4 is 28.2 Å². The third-order valence-electron chi connectivity index (χ3n) is 3.46. The Morgan fingerprint density at radius 3 is 2.26 bits per heavy atom. The molecule has 0 atom stereocenters. The number of phenolic OH excluding ortho intramolecular Hbond substituents is 1. The molecule has 0 spiro atoms. The van der Waals surface area contributed by atoms with Gasteiger partial charge in [-0.2, -0.15) is 0 Å². The molecule has 3 rings (SSSR count). The Morgan fingerprint density at radius 2 is 1.61 bits per heavy atom. The van der Waals surface area contributed by atoms with Gasteiger partial charge in [-0.15, -0.1) is 0 Å². The third-order valence-corrected chi connectivity index (χ3v) is 3.46. The first-order valence-electron chi connectivity index (χ1n) is 7.09. The topological polar surface area (TPSA) is 70.6 Å². The van der Waals surface area contributed by atoms with Crippen molar-refractivity contribution in [2.45, 2.75) is 0 Å². The second kappa shape index (κ2) is 6.27. The summed E-state index contributed by atoms with van der Waals surface area (Å²) in [5.41, 5.74) is 0.985. The van der Waals surface area contributed by atoms with Crippen molar-refractivity contribution in [2.24, 2.45) is 0 Å². The first-order valence-corrected chi connectivity index (χ1v) is 7.09. The Hall–Kier alpha value is -3.21. The van der Waals surface area contributed by atoms with E-state index in [1.165, 1.54) is 0 Å². The second-order valence-electron chi connectivity index (χ2n) is 5.02. The maximum absolute atomic E-state index is 12.1. The van der Waals surface area contributed by atoms with Gasteiger partial charge >= 0.3 is 6.03 Å². The summed E-state index contributed by atoms with van der Waals surface area (Å²) in [7, 11) is 1.58. The highest BCUT2D eigenvalue weighted by Gasteiger charge is 2.08. The predicted octanol–water partition coefficient (Wildman–Crippen LogP) is 4.20. The monoisotopic (exact) mass is 308 g/mol. The van der Waals surface area contributed by atoms with Crippen LogP contribution in [0.4, 0.5) is 16.2 Å². The summed E-state index contributed by atoms with van der Waals surface area (Å²) >= 11 is 0. The lowest BCUT2D eigenvalue weighted by Gasteiger charge is -2.10. The number of methoxy groups -OCH3 is 1. The van der Waals surface area contributed by atoms with Crippen LogP contribution in [0.5, 0.6) is 11.5 Å². The Labute approximate surface area is 133 Å². The van der Waals surface area contributed by atoms with Gasteiger partial charge in [0.25, 0.3) is 0 Å². The van der Waals surface area contributed by atoms with Crippen LogP contribution in [0.3, 0.4) is 0 Å². The second-order valence-corrected chi connectivity index (χ2v) is 5.02. The van der Waals surface area contributed by atoms with Gasteiger partial charge in [0.2, 0.25) is 0 Å². The number of ether oxygens (including phenoxy) is 1. The van der Waals surface area contributed by atoms with E-state index in [9.17, 15) is 9.90 Å². The van der Waals surface area contributed by atoms with Crippen molar-refractivity contribution in [2.75, 3.05) is 17.7 Å². The molecule has 0 heterocycles. The van der Waals surface area contributed by atoms with Crippen LogP contribution in [0, 0.1) is 0 Å². The molecule has 0 aliphatic rings. The van der Waals surface area contributed by atoms with Crippen LogP contribution in [-0.4, -0.2) is 18.2 Å². The normalized spacial score (nSPS) is 10.3. The van der Waals surface area contributed by atoms with Gasteiger partial charge < -0.3 is 20.5 Å². The Balaban J connectivity index is 1.75. The largest absolute Gasteiger partial charge is 0.506 e. The molecule has 2 amide bonds. The van der Waals surface area contributed by atoms with Crippen LogP contribution in [0.1, 0.15) is 0 Å². The quantitative estimate of drug-likeness (QED) is 0.635. The molecule has 23 heavy (non-hydrogen) atoms. The van der Waals surface area contributed by atoms with E-state index in [1.54, 1.807) is 43.5 Å². The zero-order valence-corrected chi connectivity index (χ0v) is 12.5. The fourth-order valence-corrected chi connectivity index (χ4v) is 2.29. The van der Waals surface area contributed by atoms with Crippen molar-refractivity contribution in [1.82, 2.24) is 0 Å². The molecule has 0 unspecified atom stereocenters. The summed E-state index contributed by atoms with van der Waals surface area (Å²) in [6.45, 7) is 0. The highest BCUT2D eigenvalue weighted by Crippen LogP contribution is 2.29. The van der Waals surface area contributed by atoms with Crippen LogP contribution >= 0.6 is 0 Å². The summed E-state index contributed by atoms with van der Waals surface area (Å²) in [6, 6.07) is 17.5. The number of rotatable bonds is 3. The summed E-state index contributed by atoms with van der Waals surface area (Å²) in [4.78, 5) is 12.1. The SMILES string of the molecule is COc1ccc(NC(=O)Nc2cc3ccccc3cc2O)cc1. The van der Waals surface area contributed by atoms with Crippen molar-refractivity contribution in [1.29, 1.82) is 0 Å². The first kappa shape index (κ1) is 14.7. The molecule has 0 fully saturated rings. The molecule has 0 bridgehead atoms. The fourth-order valence-electron chi connectivity index (χ4n) is 2.29. The number of amides is 2. The van der Waals surface area contributed by atoms with E-state index in [-0.39, 0.29) is 5.75 Å². The molecule has 0 radical (unpaired) electrons. The van der Waals surface area contributed by atoms with E-state index >= 15 is 0 Å². The smallest absolute Gasteiger partial charge is 0.323 e. The molecule has 0 saturated carbocycles. The Morgan fingerprint density at radius 1 is 0.957 bits per heavy atom. The lowest BCUT2D eigenvalue weighted by atomic mass is 10.1. The summed E-state index contributed by atoms with van der Waals surface area (Å²) in [5.74, 6) is 0.733. The molecule has 116 valence electrons. The maximum Gasteiger partial charge on any atom is 0.323 e. The summed E-state index contributed by atoms with van der Waals surface area (Å²) in [6.07, 6.45) is 0. The molecular weight excluding hydrogens is 292 g/mol. The molecule has 0 aliphatic heterocycles. The maximum atomic E-state index is 12.1. The number of phenols is 1. The average Bonchev–Trinajstić information content (AvgIpc) is 2.56. The summed E-state index contributed by atoms with van der Waals surface area (Å²) in [5, 5.41) is 17.2. The number of fused-ring (bicyclic) bond motifs is 1. The van der Waals surface area contributed by atoms with Gasteiger partial charge in [0.15, 0.2) is 0 Å². The van der Waals surface area contributed by atoms with Crippen molar-refractivity contribution in [3.05, 3.63) is 60.7 Å². The van der Waals surface area contributed by atoms with E-state index in [0.717, 1.165) is 10.8 Å². The molecule has 3 aromatic rings. The minimum absolute atomic E-state index is 0.0218. The Bertz CT molecular complexity index is 845. The molecule has 5 heteroatoms. The fraction of sp³-hybridized carbons (Fsp3) is 0.0556. The van der Waals surface area contributed by atoms with Gasteiger partial charge in [-0.3, -0.25) is 0 Å². The van der Waals surface area contributed by atoms with Gasteiger partial charge in [0.05, 0.1) is 12.8 Å². The highest BCUT2D eigenvalue weighted by molar-refractivity contribution is 6.02. The van der Waals surface area contributed by atoms with Gasteiger partial charge in [-0.25, -0.2) is 4.79 Å². The van der Waals surface area contributed by atoms with E-state index in [2.05, 4.69) is 10.6 Å². The number of anilines is 2. The van der Waals surface area contributed by atoms with Gasteiger partial charge in [0.1, 0.15) is 11.5 Å². The number of carbonyl (C=O) groups is 1. The lowest BCUT2D eigenvalue weighted by molar-refractivity contribution is 0.262. The van der Waals surface area contributed by atoms with E-state index in [4.69, 9.17) is 4.74 Å². The number of hydrogen-bond donors (Lipinski definition) is 3. The first-order chi connectivity index (χ1) is 11.2. The minimum Gasteiger partial charge on any atom is -0.506 e.